The third-order valence-corrected chi connectivity index (χ3v) is 30.1. The van der Waals surface area contributed by atoms with E-state index in [1.54, 1.807) is 47.6 Å². The van der Waals surface area contributed by atoms with E-state index >= 15 is 0 Å². The highest BCUT2D eigenvalue weighted by atomic mass is 19.2. The van der Waals surface area contributed by atoms with Gasteiger partial charge >= 0.3 is 0 Å². The molecule has 5 aliphatic carbocycles. The van der Waals surface area contributed by atoms with Crippen molar-refractivity contribution in [3.05, 3.63) is 153 Å². The standard InChI is InChI=1S/C21H29FN6O.4C20H26FN5O/c1-13-6-7-14(11-28(13)17(29)5-4-8-23-3)27-20-18-15(16-9-21(16,2)22)10-24-19(18)25-12-26-20;1-11(2)19(27)26-9-13(6-5-12(26)3)25-18-16-14(15-7-20(15,4)21)8-22-17(16)23-10-24-18;3*1-4-13-7-6-12(10-26(13)16(27)5-2)25-19-17-14(15-8-20(15,3)21)9-22-18(17)23-11-24-19/h4-5,10,12-14,16,23H,6-9,11H2,1-3H3,(H2,24,25,26,27);8,10,12-13,15H,1,5-7,9H2,2-4H3,(H2,22,23,24,25);3*5,9,11-13,15H,2,4,6-8,10H2,1,3H3,(H2,22,23,24,25)/b5-4+;;;;/t13-,14+,16+,21?;12-,13+,15-,20?;12?,13-,15+,20?;2*12-,13+,15+,20?/m00110/s1. The molecule has 15 heterocycles. The van der Waals surface area contributed by atoms with Gasteiger partial charge in [-0.15, -0.1) is 0 Å². The molecule has 5 saturated heterocycles. The number of H-pyrrole nitrogens is 5. The van der Waals surface area contributed by atoms with Crippen LogP contribution >= 0.6 is 0 Å². The van der Waals surface area contributed by atoms with Crippen LogP contribution in [0.15, 0.2) is 125 Å². The molecule has 36 heteroatoms. The number of aromatic amines is 5. The predicted octanol–water partition coefficient (Wildman–Crippen LogP) is 16.9. The van der Waals surface area contributed by atoms with Crippen molar-refractivity contribution in [2.75, 3.05) is 72.9 Å². The van der Waals surface area contributed by atoms with E-state index in [-0.39, 0.29) is 120 Å². The Morgan fingerprint density at radius 3 is 0.839 bits per heavy atom. The Morgan fingerprint density at radius 1 is 0.380 bits per heavy atom. The number of piperidine rings is 5. The van der Waals surface area contributed by atoms with Crippen LogP contribution in [0.4, 0.5) is 51.0 Å². The maximum absolute atomic E-state index is 14.3. The van der Waals surface area contributed by atoms with Crippen molar-refractivity contribution in [2.45, 2.75) is 310 Å². The van der Waals surface area contributed by atoms with Crippen LogP contribution in [0.2, 0.25) is 0 Å². The zero-order valence-electron chi connectivity index (χ0n) is 80.8. The molecular formula is C101H133F5N26O5. The van der Waals surface area contributed by atoms with Gasteiger partial charge in [-0.3, -0.25) is 24.0 Å². The molecule has 10 aromatic rings. The van der Waals surface area contributed by atoms with Gasteiger partial charge in [-0.25, -0.2) is 71.8 Å². The van der Waals surface area contributed by atoms with Crippen LogP contribution in [0, 0.1) is 0 Å². The summed E-state index contributed by atoms with van der Waals surface area (Å²) in [7, 11) is 1.85. The first kappa shape index (κ1) is 97.8. The Labute approximate surface area is 795 Å². The molecular weight excluding hydrogens is 1750 g/mol. The highest BCUT2D eigenvalue weighted by Gasteiger charge is 2.57. The number of halogens is 5. The number of rotatable bonds is 25. The largest absolute Gasteiger partial charge is 0.365 e. The van der Waals surface area contributed by atoms with Crippen LogP contribution in [0.1, 0.15) is 249 Å². The van der Waals surface area contributed by atoms with Crippen molar-refractivity contribution in [1.29, 1.82) is 0 Å². The van der Waals surface area contributed by atoms with Gasteiger partial charge in [-0.2, -0.15) is 0 Å². The second-order valence-electron chi connectivity index (χ2n) is 40.4. The van der Waals surface area contributed by atoms with Crippen molar-refractivity contribution < 1.29 is 45.9 Å². The number of nitrogens with one attached hydrogen (secondary N) is 11. The van der Waals surface area contributed by atoms with Crippen molar-refractivity contribution in [1.82, 2.24) is 105 Å². The Hall–Kier alpha value is -12.2. The number of aromatic nitrogens is 15. The van der Waals surface area contributed by atoms with Crippen molar-refractivity contribution >= 4 is 114 Å². The lowest BCUT2D eigenvalue weighted by Crippen LogP contribution is -2.50. The maximum atomic E-state index is 14.3. The highest BCUT2D eigenvalue weighted by Crippen LogP contribution is 2.60. The summed E-state index contributed by atoms with van der Waals surface area (Å²) >= 11 is 0. The predicted molar refractivity (Wildman–Crippen MR) is 525 cm³/mol. The van der Waals surface area contributed by atoms with Crippen LogP contribution in [-0.4, -0.2) is 264 Å². The first-order valence-corrected chi connectivity index (χ1v) is 48.8. The van der Waals surface area contributed by atoms with Gasteiger partial charge in [0, 0.05) is 172 Å². The number of fused-ring (bicyclic) bond motifs is 5. The molecule has 0 radical (unpaired) electrons. The summed E-state index contributed by atoms with van der Waals surface area (Å²) in [5.41, 5.74) is 2.98. The van der Waals surface area contributed by atoms with Gasteiger partial charge in [-0.1, -0.05) is 53.2 Å². The molecule has 20 rings (SSSR count). The van der Waals surface area contributed by atoms with Crippen LogP contribution in [0.3, 0.4) is 0 Å². The fourth-order valence-corrected chi connectivity index (χ4v) is 21.2. The second kappa shape index (κ2) is 40.1. The summed E-state index contributed by atoms with van der Waals surface area (Å²) in [6.45, 7) is 38.8. The number of likely N-dealkylation sites (N-methyl/N-ethyl adjacent to an activating group) is 1. The normalized spacial score (nSPS) is 30.2. The molecule has 732 valence electrons. The second-order valence-corrected chi connectivity index (χ2v) is 40.4. The Balaban J connectivity index is 0.000000124. The van der Waals surface area contributed by atoms with Crippen LogP contribution in [0.25, 0.3) is 55.2 Å². The highest BCUT2D eigenvalue weighted by molar-refractivity contribution is 5.97. The molecule has 137 heavy (non-hydrogen) atoms. The Morgan fingerprint density at radius 2 is 0.613 bits per heavy atom. The molecule has 5 aliphatic heterocycles. The zero-order chi connectivity index (χ0) is 97.5. The summed E-state index contributed by atoms with van der Waals surface area (Å²) < 4.78 is 71.4. The number of carbonyl (C=O) groups excluding carboxylic acids is 5. The molecule has 5 amide bonds. The lowest BCUT2D eigenvalue weighted by molar-refractivity contribution is -0.131. The van der Waals surface area contributed by atoms with Gasteiger partial charge in [0.15, 0.2) is 0 Å². The molecule has 0 bridgehead atoms. The van der Waals surface area contributed by atoms with Crippen LogP contribution < -0.4 is 31.9 Å². The van der Waals surface area contributed by atoms with E-state index in [0.717, 1.165) is 138 Å². The van der Waals surface area contributed by atoms with Gasteiger partial charge in [0.05, 0.1) is 26.9 Å². The molecule has 0 aromatic carbocycles. The number of carbonyl (C=O) groups is 5. The first-order valence-electron chi connectivity index (χ1n) is 48.8. The van der Waals surface area contributed by atoms with Gasteiger partial charge in [0.2, 0.25) is 29.5 Å². The van der Waals surface area contributed by atoms with Crippen molar-refractivity contribution in [2.24, 2.45) is 0 Å². The number of anilines is 5. The molecule has 11 N–H and O–H groups in total. The summed E-state index contributed by atoms with van der Waals surface area (Å²) in [6, 6.07) is 1.59. The van der Waals surface area contributed by atoms with E-state index in [1.807, 2.05) is 68.6 Å². The van der Waals surface area contributed by atoms with E-state index in [9.17, 15) is 45.9 Å². The van der Waals surface area contributed by atoms with Gasteiger partial charge < -0.3 is 81.3 Å². The van der Waals surface area contributed by atoms with Crippen LogP contribution in [0.5, 0.6) is 0 Å². The third-order valence-electron chi connectivity index (χ3n) is 30.1. The quantitative estimate of drug-likeness (QED) is 0.0187. The van der Waals surface area contributed by atoms with E-state index in [0.29, 0.717) is 134 Å². The topological polar surface area (TPSA) is 382 Å². The summed E-state index contributed by atoms with van der Waals surface area (Å²) in [5, 5.41) is 24.8. The average Bonchev–Trinajstić information content (AvgIpc) is 1.60. The maximum Gasteiger partial charge on any atom is 0.249 e. The molecule has 31 nitrogen and oxygen atoms in total. The monoisotopic (exact) mass is 1890 g/mol. The lowest BCUT2D eigenvalue weighted by Gasteiger charge is -2.39. The minimum Gasteiger partial charge on any atom is -0.365 e. The smallest absolute Gasteiger partial charge is 0.249 e. The Bertz CT molecular complexity index is 5640. The van der Waals surface area contributed by atoms with Crippen molar-refractivity contribution in [3.8, 4) is 0 Å². The fourth-order valence-electron chi connectivity index (χ4n) is 21.2. The third kappa shape index (κ3) is 21.3. The molecule has 0 spiro atoms. The fraction of sp³-hybridized carbons (Fsp3) is 0.554. The van der Waals surface area contributed by atoms with Gasteiger partial charge in [-0.05, 0) is 224 Å². The van der Waals surface area contributed by atoms with Gasteiger partial charge in [0.1, 0.15) is 117 Å². The molecule has 10 fully saturated rings. The number of likely N-dealkylation sites (tertiary alicyclic amines) is 5. The van der Waals surface area contributed by atoms with Crippen LogP contribution in [-0.2, 0) is 24.0 Å². The molecule has 20 atom stereocenters. The molecule has 5 saturated carbocycles. The SMILES string of the molecule is C=C(C)C(=O)N1C[C@H](Nc2ncnc3[nH]cc([C@@H]4CC4(C)F)c23)CC[C@@H]1C.C=CC(=O)N1CC(Nc2ncnc3[nH]cc([C@@H]4CC4(C)F)c23)CC[C@H]1CC.C=CC(=O)N1C[C@@H](Nc2ncnc3[nH]cc([C@H]4CC4(C)F)c23)CC[C@H]1CC.C=CC(=O)N1C[C@H](Nc2ncnc3[nH]cc([C@@H]4CC4(C)F)c23)CC[C@@H]1CC.CNC/C=C/C(=O)N1C[C@H](Nc2ncnc3[nH]cc([C@H]4CC4(C)F)c23)CC[C@@H]1C. The van der Waals surface area contributed by atoms with Gasteiger partial charge in [0.25, 0.3) is 0 Å². The minimum absolute atomic E-state index is 0.00431. The lowest BCUT2D eigenvalue weighted by atomic mass is 9.96. The molecule has 6 unspecified atom stereocenters. The number of amides is 5. The minimum atomic E-state index is -1.16. The Kier molecular flexibility index (Phi) is 28.6. The average molecular weight is 1890 g/mol. The van der Waals surface area contributed by atoms with E-state index in [1.165, 1.54) is 49.9 Å². The number of hydrogen-bond donors (Lipinski definition) is 11. The van der Waals surface area contributed by atoms with E-state index in [2.05, 4.69) is 168 Å². The number of nitrogens with zero attached hydrogens (tertiary/aromatic N) is 15. The number of alkyl halides is 5. The summed E-state index contributed by atoms with van der Waals surface area (Å²) in [4.78, 5) is 131. The van der Waals surface area contributed by atoms with Crippen molar-refractivity contribution in [3.63, 3.8) is 0 Å². The summed E-state index contributed by atoms with van der Waals surface area (Å²) in [6.07, 6.45) is 39.2. The summed E-state index contributed by atoms with van der Waals surface area (Å²) in [5.74, 6) is 2.89. The molecule has 10 aromatic heterocycles. The zero-order valence-corrected chi connectivity index (χ0v) is 80.8. The van der Waals surface area contributed by atoms with E-state index < -0.39 is 28.3 Å². The first-order chi connectivity index (χ1) is 65.5. The number of hydrogen-bond acceptors (Lipinski definition) is 21. The van der Waals surface area contributed by atoms with E-state index in [4.69, 9.17) is 0 Å². The molecule has 10 aliphatic rings.